The molecule has 1 rings (SSSR count). The van der Waals surface area contributed by atoms with Gasteiger partial charge in [0.1, 0.15) is 0 Å². The van der Waals surface area contributed by atoms with Crippen molar-refractivity contribution < 1.29 is 0 Å². The average molecular weight is 276 g/mol. The summed E-state index contributed by atoms with van der Waals surface area (Å²) < 4.78 is 2.63. The number of allylic oxidation sites excluding steroid dienone is 4. The van der Waals surface area contributed by atoms with Gasteiger partial charge in [0.25, 0.3) is 0 Å². The molecule has 0 aliphatic heterocycles. The van der Waals surface area contributed by atoms with Crippen molar-refractivity contribution in [1.29, 1.82) is 5.26 Å². The van der Waals surface area contributed by atoms with E-state index in [2.05, 4.69) is 37.3 Å². The van der Waals surface area contributed by atoms with E-state index in [-0.39, 0.29) is 0 Å². The van der Waals surface area contributed by atoms with Gasteiger partial charge in [-0.25, -0.2) is 0 Å². The van der Waals surface area contributed by atoms with Crippen molar-refractivity contribution in [3.8, 4) is 6.07 Å². The minimum absolute atomic E-state index is 0.309. The van der Waals surface area contributed by atoms with Crippen LogP contribution in [0.5, 0.6) is 0 Å². The van der Waals surface area contributed by atoms with Crippen molar-refractivity contribution in [2.75, 3.05) is 0 Å². The van der Waals surface area contributed by atoms with E-state index < -0.39 is 0 Å². The molecule has 0 bridgehead atoms. The van der Waals surface area contributed by atoms with Gasteiger partial charge in [-0.15, -0.1) is 0 Å². The molecule has 0 aromatic heterocycles. The zero-order valence-corrected chi connectivity index (χ0v) is 11.1. The third-order valence-electron chi connectivity index (χ3n) is 1.94. The van der Waals surface area contributed by atoms with Gasteiger partial charge in [-0.05, 0) is 0 Å². The summed E-state index contributed by atoms with van der Waals surface area (Å²) in [6, 6.07) is 12.5. The molecule has 0 heterocycles. The summed E-state index contributed by atoms with van der Waals surface area (Å²) in [5.74, 6) is 0. The first-order valence-electron chi connectivity index (χ1n) is 5.36. The Kier molecular flexibility index (Phi) is 6.33. The Morgan fingerprint density at radius 2 is 2.12 bits per heavy atom. The fourth-order valence-corrected chi connectivity index (χ4v) is 3.07. The average Bonchev–Trinajstić information content (AvgIpc) is 2.34. The molecule has 0 atom stereocenters. The van der Waals surface area contributed by atoms with E-state index in [1.165, 1.54) is 8.93 Å². The van der Waals surface area contributed by atoms with Crippen LogP contribution in [-0.4, -0.2) is 15.0 Å². The zero-order chi connectivity index (χ0) is 11.6. The van der Waals surface area contributed by atoms with Gasteiger partial charge in [0.15, 0.2) is 0 Å². The summed E-state index contributed by atoms with van der Waals surface area (Å²) in [6.07, 6.45) is 7.96. The maximum absolute atomic E-state index is 8.55. The fourth-order valence-electron chi connectivity index (χ4n) is 1.17. The Morgan fingerprint density at radius 3 is 2.75 bits per heavy atom. The summed E-state index contributed by atoms with van der Waals surface area (Å²) in [4.78, 5) is 0. The van der Waals surface area contributed by atoms with Crippen molar-refractivity contribution in [2.24, 2.45) is 0 Å². The van der Waals surface area contributed by atoms with Crippen molar-refractivity contribution >= 4 is 19.4 Å². The van der Waals surface area contributed by atoms with Crippen molar-refractivity contribution in [3.05, 3.63) is 53.0 Å². The molecule has 1 aromatic rings. The van der Waals surface area contributed by atoms with E-state index in [9.17, 15) is 0 Å². The summed E-state index contributed by atoms with van der Waals surface area (Å²) in [5.41, 5.74) is 0. The molecule has 0 saturated heterocycles. The molecule has 16 heavy (non-hydrogen) atoms. The van der Waals surface area contributed by atoms with E-state index >= 15 is 0 Å². The van der Waals surface area contributed by atoms with E-state index in [0.29, 0.717) is 15.0 Å². The first kappa shape index (κ1) is 12.8. The molecule has 0 aliphatic rings. The van der Waals surface area contributed by atoms with Crippen LogP contribution < -0.4 is 4.46 Å². The van der Waals surface area contributed by atoms with Crippen LogP contribution in [0.4, 0.5) is 0 Å². The Morgan fingerprint density at radius 1 is 1.38 bits per heavy atom. The molecule has 0 fully saturated rings. The molecule has 1 nitrogen and oxygen atoms in total. The Balaban J connectivity index is 2.72. The third kappa shape index (κ3) is 4.98. The number of hydrogen-bond donors (Lipinski definition) is 0. The molecular formula is C14H15NSe. The van der Waals surface area contributed by atoms with Gasteiger partial charge in [0.2, 0.25) is 0 Å². The van der Waals surface area contributed by atoms with Crippen LogP contribution in [0.1, 0.15) is 19.8 Å². The Bertz CT molecular complexity index is 398. The van der Waals surface area contributed by atoms with Gasteiger partial charge in [-0.3, -0.25) is 0 Å². The quantitative estimate of drug-likeness (QED) is 0.461. The van der Waals surface area contributed by atoms with Gasteiger partial charge in [-0.2, -0.15) is 0 Å². The zero-order valence-electron chi connectivity index (χ0n) is 9.39. The topological polar surface area (TPSA) is 23.8 Å². The number of benzene rings is 1. The van der Waals surface area contributed by atoms with E-state index in [1.54, 1.807) is 6.08 Å². The standard InChI is InChI=1S/C14H15NSe/c1-2-3-8-13(11-7-12-15)16-14-9-5-4-6-10-14/h4-11H,2-3H2,1H3/b11-7+,13-8-. The van der Waals surface area contributed by atoms with Gasteiger partial charge < -0.3 is 0 Å². The maximum atomic E-state index is 8.55. The molecule has 0 spiro atoms. The molecule has 0 amide bonds. The number of rotatable bonds is 5. The molecule has 1 aromatic carbocycles. The predicted octanol–water partition coefficient (Wildman–Crippen LogP) is 2.78. The number of nitriles is 1. The van der Waals surface area contributed by atoms with Crippen LogP contribution >= 0.6 is 0 Å². The molecule has 2 heteroatoms. The van der Waals surface area contributed by atoms with Crippen molar-refractivity contribution in [3.63, 3.8) is 0 Å². The second-order valence-electron chi connectivity index (χ2n) is 3.27. The van der Waals surface area contributed by atoms with Crippen LogP contribution in [0.2, 0.25) is 0 Å². The van der Waals surface area contributed by atoms with Crippen LogP contribution in [0, 0.1) is 11.3 Å². The molecular weight excluding hydrogens is 261 g/mol. The number of nitrogens with zero attached hydrogens (tertiary/aromatic N) is 1. The van der Waals surface area contributed by atoms with Crippen molar-refractivity contribution in [2.45, 2.75) is 19.8 Å². The number of hydrogen-bond acceptors (Lipinski definition) is 1. The van der Waals surface area contributed by atoms with Crippen LogP contribution in [0.25, 0.3) is 0 Å². The molecule has 0 N–H and O–H groups in total. The molecule has 0 aliphatic carbocycles. The molecule has 82 valence electrons. The second kappa shape index (κ2) is 7.93. The minimum atomic E-state index is 0.309. The first-order valence-corrected chi connectivity index (χ1v) is 7.07. The fraction of sp³-hybridized carbons (Fsp3) is 0.214. The monoisotopic (exact) mass is 277 g/mol. The number of unbranched alkanes of at least 4 members (excludes halogenated alkanes) is 1. The predicted molar refractivity (Wildman–Crippen MR) is 69.6 cm³/mol. The van der Waals surface area contributed by atoms with Crippen LogP contribution in [-0.2, 0) is 0 Å². The summed E-state index contributed by atoms with van der Waals surface area (Å²) in [6.45, 7) is 2.16. The summed E-state index contributed by atoms with van der Waals surface area (Å²) in [7, 11) is 0. The SMILES string of the molecule is CCC/C=C(/C=C/C#N)[Se]c1ccccc1. The van der Waals surface area contributed by atoms with Gasteiger partial charge >= 0.3 is 104 Å². The summed E-state index contributed by atoms with van der Waals surface area (Å²) in [5, 5.41) is 8.55. The molecule has 0 unspecified atom stereocenters. The second-order valence-corrected chi connectivity index (χ2v) is 5.68. The van der Waals surface area contributed by atoms with Crippen LogP contribution in [0.3, 0.4) is 0 Å². The van der Waals surface area contributed by atoms with E-state index in [1.807, 2.05) is 18.2 Å². The van der Waals surface area contributed by atoms with E-state index in [4.69, 9.17) is 5.26 Å². The molecule has 0 saturated carbocycles. The van der Waals surface area contributed by atoms with E-state index in [0.717, 1.165) is 12.8 Å². The van der Waals surface area contributed by atoms with Crippen molar-refractivity contribution in [1.82, 2.24) is 0 Å². The van der Waals surface area contributed by atoms with Gasteiger partial charge in [0, 0.05) is 0 Å². The first-order chi connectivity index (χ1) is 7.86. The Hall–Kier alpha value is -1.29. The van der Waals surface area contributed by atoms with Gasteiger partial charge in [-0.1, -0.05) is 0 Å². The third-order valence-corrected chi connectivity index (χ3v) is 4.13. The molecule has 0 radical (unpaired) electrons. The normalized spacial score (nSPS) is 11.6. The Labute approximate surface area is 104 Å². The van der Waals surface area contributed by atoms with Crippen LogP contribution in [0.15, 0.2) is 53.0 Å². The summed E-state index contributed by atoms with van der Waals surface area (Å²) >= 11 is 0.309. The van der Waals surface area contributed by atoms with Gasteiger partial charge in [0.05, 0.1) is 0 Å².